The van der Waals surface area contributed by atoms with Gasteiger partial charge in [-0.15, -0.1) is 0 Å². The van der Waals surface area contributed by atoms with Crippen LogP contribution in [0.1, 0.15) is 37.7 Å². The molecule has 1 saturated carbocycles. The Morgan fingerprint density at radius 3 is 2.41 bits per heavy atom. The van der Waals surface area contributed by atoms with Crippen LogP contribution in [0, 0.1) is 17.7 Å². The normalized spacial score (nSPS) is 18.5. The zero-order valence-electron chi connectivity index (χ0n) is 10.2. The van der Waals surface area contributed by atoms with Gasteiger partial charge in [0.1, 0.15) is 5.82 Å². The smallest absolute Gasteiger partial charge is 0.123 e. The van der Waals surface area contributed by atoms with Gasteiger partial charge >= 0.3 is 0 Å². The molecular weight excluding hydrogens is 279 g/mol. The van der Waals surface area contributed by atoms with Crippen molar-refractivity contribution in [2.24, 2.45) is 11.8 Å². The Hall–Kier alpha value is -0.370. The van der Waals surface area contributed by atoms with E-state index in [0.29, 0.717) is 5.92 Å². The lowest BCUT2D eigenvalue weighted by molar-refractivity contribution is 0.402. The van der Waals surface area contributed by atoms with Gasteiger partial charge < -0.3 is 0 Å². The molecule has 0 aromatic heterocycles. The molecule has 2 heteroatoms. The summed E-state index contributed by atoms with van der Waals surface area (Å²) < 4.78 is 12.8. The van der Waals surface area contributed by atoms with Gasteiger partial charge in [0.25, 0.3) is 0 Å². The monoisotopic (exact) mass is 298 g/mol. The van der Waals surface area contributed by atoms with Crippen molar-refractivity contribution in [3.8, 4) is 0 Å². The van der Waals surface area contributed by atoms with Crippen LogP contribution in [0.5, 0.6) is 0 Å². The highest BCUT2D eigenvalue weighted by Crippen LogP contribution is 2.32. The fourth-order valence-electron chi connectivity index (χ4n) is 2.87. The van der Waals surface area contributed by atoms with Crippen LogP contribution in [-0.4, -0.2) is 5.33 Å². The second-order valence-electron chi connectivity index (χ2n) is 5.24. The first-order valence-corrected chi connectivity index (χ1v) is 7.70. The van der Waals surface area contributed by atoms with Gasteiger partial charge in [-0.1, -0.05) is 53.7 Å². The standard InChI is InChI=1S/C15H20BrF/c16-11-14(9-12-3-1-2-4-12)10-13-5-7-15(17)8-6-13/h5-8,12,14H,1-4,9-11H2. The number of halogens is 2. The van der Waals surface area contributed by atoms with Crippen LogP contribution in [0.3, 0.4) is 0 Å². The molecule has 1 atom stereocenters. The van der Waals surface area contributed by atoms with Gasteiger partial charge in [-0.05, 0) is 42.4 Å². The van der Waals surface area contributed by atoms with Crippen molar-refractivity contribution in [1.82, 2.24) is 0 Å². The van der Waals surface area contributed by atoms with Crippen LogP contribution in [0.2, 0.25) is 0 Å². The molecule has 1 aliphatic carbocycles. The third-order valence-electron chi connectivity index (χ3n) is 3.80. The van der Waals surface area contributed by atoms with Crippen molar-refractivity contribution in [2.45, 2.75) is 38.5 Å². The van der Waals surface area contributed by atoms with Gasteiger partial charge in [0.15, 0.2) is 0 Å². The topological polar surface area (TPSA) is 0 Å². The molecule has 0 saturated heterocycles. The van der Waals surface area contributed by atoms with Crippen LogP contribution >= 0.6 is 15.9 Å². The van der Waals surface area contributed by atoms with E-state index in [1.54, 1.807) is 12.1 Å². The van der Waals surface area contributed by atoms with Gasteiger partial charge in [0, 0.05) is 5.33 Å². The Balaban J connectivity index is 1.87. The molecule has 0 nitrogen and oxygen atoms in total. The molecule has 1 aliphatic rings. The SMILES string of the molecule is Fc1ccc(CC(CBr)CC2CCCC2)cc1. The summed E-state index contributed by atoms with van der Waals surface area (Å²) in [6.07, 6.45) is 8.04. The van der Waals surface area contributed by atoms with Gasteiger partial charge in [-0.25, -0.2) is 4.39 Å². The third kappa shape index (κ3) is 4.09. The van der Waals surface area contributed by atoms with Crippen molar-refractivity contribution in [1.29, 1.82) is 0 Å². The summed E-state index contributed by atoms with van der Waals surface area (Å²) in [5, 5.41) is 1.06. The Labute approximate surface area is 112 Å². The van der Waals surface area contributed by atoms with Crippen molar-refractivity contribution in [2.75, 3.05) is 5.33 Å². The van der Waals surface area contributed by atoms with E-state index in [-0.39, 0.29) is 5.82 Å². The van der Waals surface area contributed by atoms with Crippen LogP contribution < -0.4 is 0 Å². The van der Waals surface area contributed by atoms with Crippen LogP contribution in [0.4, 0.5) is 4.39 Å². The van der Waals surface area contributed by atoms with Crippen LogP contribution in [0.15, 0.2) is 24.3 Å². The first kappa shape index (κ1) is 13.1. The zero-order valence-corrected chi connectivity index (χ0v) is 11.8. The molecule has 0 N–H and O–H groups in total. The Morgan fingerprint density at radius 1 is 1.18 bits per heavy atom. The number of hydrogen-bond donors (Lipinski definition) is 0. The second-order valence-corrected chi connectivity index (χ2v) is 5.88. The summed E-state index contributed by atoms with van der Waals surface area (Å²) in [6, 6.07) is 6.96. The average molecular weight is 299 g/mol. The molecule has 2 rings (SSSR count). The molecule has 0 radical (unpaired) electrons. The fraction of sp³-hybridized carbons (Fsp3) is 0.600. The molecule has 1 aromatic rings. The predicted molar refractivity (Wildman–Crippen MR) is 74.0 cm³/mol. The predicted octanol–water partition coefficient (Wildman–Crippen LogP) is 4.96. The van der Waals surface area contributed by atoms with Crippen LogP contribution in [-0.2, 0) is 6.42 Å². The molecule has 94 valence electrons. The molecule has 1 fully saturated rings. The Kier molecular flexibility index (Phi) is 5.02. The maximum absolute atomic E-state index is 12.8. The summed E-state index contributed by atoms with van der Waals surface area (Å²) >= 11 is 3.62. The lowest BCUT2D eigenvalue weighted by Gasteiger charge is -2.18. The minimum atomic E-state index is -0.139. The minimum absolute atomic E-state index is 0.139. The summed E-state index contributed by atoms with van der Waals surface area (Å²) in [5.41, 5.74) is 1.26. The van der Waals surface area contributed by atoms with E-state index in [1.807, 2.05) is 12.1 Å². The highest BCUT2D eigenvalue weighted by molar-refractivity contribution is 9.09. The molecule has 1 unspecified atom stereocenters. The van der Waals surface area contributed by atoms with E-state index >= 15 is 0 Å². The molecule has 1 aromatic carbocycles. The summed E-state index contributed by atoms with van der Waals surface area (Å²) in [4.78, 5) is 0. The lowest BCUT2D eigenvalue weighted by Crippen LogP contribution is -2.11. The number of benzene rings is 1. The third-order valence-corrected chi connectivity index (χ3v) is 4.71. The first-order valence-electron chi connectivity index (χ1n) is 6.58. The minimum Gasteiger partial charge on any atom is -0.207 e. The molecule has 0 aliphatic heterocycles. The quantitative estimate of drug-likeness (QED) is 0.674. The van der Waals surface area contributed by atoms with Crippen LogP contribution in [0.25, 0.3) is 0 Å². The summed E-state index contributed by atoms with van der Waals surface area (Å²) in [7, 11) is 0. The summed E-state index contributed by atoms with van der Waals surface area (Å²) in [6.45, 7) is 0. The Morgan fingerprint density at radius 2 is 1.82 bits per heavy atom. The molecule has 0 heterocycles. The number of hydrogen-bond acceptors (Lipinski definition) is 0. The molecular formula is C15H20BrF. The molecule has 0 amide bonds. The zero-order chi connectivity index (χ0) is 12.1. The van der Waals surface area contributed by atoms with Crippen molar-refractivity contribution in [3.63, 3.8) is 0 Å². The van der Waals surface area contributed by atoms with E-state index in [2.05, 4.69) is 15.9 Å². The van der Waals surface area contributed by atoms with Crippen molar-refractivity contribution >= 4 is 15.9 Å². The van der Waals surface area contributed by atoms with Gasteiger partial charge in [0.2, 0.25) is 0 Å². The highest BCUT2D eigenvalue weighted by atomic mass is 79.9. The van der Waals surface area contributed by atoms with E-state index in [1.165, 1.54) is 37.7 Å². The van der Waals surface area contributed by atoms with E-state index in [4.69, 9.17) is 0 Å². The molecule has 0 bridgehead atoms. The highest BCUT2D eigenvalue weighted by Gasteiger charge is 2.19. The lowest BCUT2D eigenvalue weighted by atomic mass is 9.90. The maximum Gasteiger partial charge on any atom is 0.123 e. The fourth-order valence-corrected chi connectivity index (χ4v) is 3.37. The van der Waals surface area contributed by atoms with Gasteiger partial charge in [0.05, 0.1) is 0 Å². The molecule has 0 spiro atoms. The van der Waals surface area contributed by atoms with Crippen molar-refractivity contribution < 1.29 is 4.39 Å². The Bertz CT molecular complexity index is 327. The average Bonchev–Trinajstić information content (AvgIpc) is 2.84. The van der Waals surface area contributed by atoms with E-state index in [0.717, 1.165) is 17.7 Å². The van der Waals surface area contributed by atoms with E-state index < -0.39 is 0 Å². The largest absolute Gasteiger partial charge is 0.207 e. The number of rotatable bonds is 5. The summed E-state index contributed by atoms with van der Waals surface area (Å²) in [5.74, 6) is 1.49. The van der Waals surface area contributed by atoms with E-state index in [9.17, 15) is 4.39 Å². The molecule has 17 heavy (non-hydrogen) atoms. The number of alkyl halides is 1. The maximum atomic E-state index is 12.8. The first-order chi connectivity index (χ1) is 8.28. The van der Waals surface area contributed by atoms with Gasteiger partial charge in [-0.3, -0.25) is 0 Å². The van der Waals surface area contributed by atoms with Crippen molar-refractivity contribution in [3.05, 3.63) is 35.6 Å². The second kappa shape index (κ2) is 6.53. The van der Waals surface area contributed by atoms with Gasteiger partial charge in [-0.2, -0.15) is 0 Å².